The van der Waals surface area contributed by atoms with E-state index in [-0.39, 0.29) is 13.1 Å². The minimum atomic E-state index is -0.530. The van der Waals surface area contributed by atoms with Crippen LogP contribution in [0.2, 0.25) is 0 Å². The van der Waals surface area contributed by atoms with Crippen molar-refractivity contribution in [3.05, 3.63) is 59.4 Å². The van der Waals surface area contributed by atoms with E-state index in [2.05, 4.69) is 34.0 Å². The van der Waals surface area contributed by atoms with Crippen LogP contribution in [0.1, 0.15) is 73.4 Å². The van der Waals surface area contributed by atoms with Gasteiger partial charge in [-0.1, -0.05) is 34.1 Å². The van der Waals surface area contributed by atoms with E-state index < -0.39 is 11.9 Å². The molecule has 4 heterocycles. The number of amides is 1. The first-order valence-corrected chi connectivity index (χ1v) is 11.1. The summed E-state index contributed by atoms with van der Waals surface area (Å²) in [6.45, 7) is 6.31. The van der Waals surface area contributed by atoms with Crippen molar-refractivity contribution in [1.82, 2.24) is 29.2 Å². The van der Waals surface area contributed by atoms with E-state index in [0.29, 0.717) is 23.6 Å². The van der Waals surface area contributed by atoms with Gasteiger partial charge in [-0.25, -0.2) is 23.8 Å². The van der Waals surface area contributed by atoms with E-state index in [1.54, 1.807) is 28.3 Å². The second-order valence-corrected chi connectivity index (χ2v) is 7.09. The third kappa shape index (κ3) is 7.85. The first-order valence-electron chi connectivity index (χ1n) is 11.1. The van der Waals surface area contributed by atoms with E-state index in [0.717, 1.165) is 44.2 Å². The third-order valence-electron chi connectivity index (χ3n) is 4.50. The number of rotatable bonds is 7. The number of aryl methyl sites for hydroxylation is 2. The van der Waals surface area contributed by atoms with Crippen LogP contribution in [-0.2, 0) is 17.6 Å². The average Bonchev–Trinajstić information content (AvgIpc) is 3.45. The van der Waals surface area contributed by atoms with Crippen molar-refractivity contribution >= 4 is 23.2 Å². The van der Waals surface area contributed by atoms with Crippen molar-refractivity contribution in [3.63, 3.8) is 0 Å². The number of carbonyl (C=O) groups is 2. The number of aliphatic hydroxyl groups is 1. The van der Waals surface area contributed by atoms with Crippen molar-refractivity contribution in [2.45, 2.75) is 53.9 Å². The minimum Gasteiger partial charge on any atom is -0.461 e. The largest absolute Gasteiger partial charge is 0.461 e. The Morgan fingerprint density at radius 1 is 0.857 bits per heavy atom. The number of aliphatic hydroxyl groups excluding tert-OH is 1. The number of hydrogen-bond donors (Lipinski definition) is 2. The Morgan fingerprint density at radius 2 is 1.31 bits per heavy atom. The molecule has 1 amide bonds. The lowest BCUT2D eigenvalue weighted by atomic mass is 10.2. The topological polar surface area (TPSA) is 150 Å². The van der Waals surface area contributed by atoms with E-state index in [9.17, 15) is 9.59 Å². The van der Waals surface area contributed by atoms with Gasteiger partial charge < -0.3 is 15.6 Å². The molecule has 190 valence electrons. The predicted molar refractivity (Wildman–Crippen MR) is 133 cm³/mol. The van der Waals surface area contributed by atoms with E-state index in [1.165, 1.54) is 0 Å². The Labute approximate surface area is 205 Å². The SMILES string of the molecule is C.CCCc1ccc2nc(C(=O)OCC)cn2n1.CCCc1ccc2nc(C(N)=O)cn2n1.CO. The summed E-state index contributed by atoms with van der Waals surface area (Å²) < 4.78 is 8.10. The molecule has 0 aliphatic rings. The van der Waals surface area contributed by atoms with Crippen molar-refractivity contribution in [2.75, 3.05) is 13.7 Å². The van der Waals surface area contributed by atoms with Gasteiger partial charge >= 0.3 is 5.97 Å². The smallest absolute Gasteiger partial charge is 0.358 e. The van der Waals surface area contributed by atoms with E-state index in [4.69, 9.17) is 15.6 Å². The highest BCUT2D eigenvalue weighted by atomic mass is 16.5. The van der Waals surface area contributed by atoms with Crippen LogP contribution in [0, 0.1) is 0 Å². The summed E-state index contributed by atoms with van der Waals surface area (Å²) in [6.07, 6.45) is 7.07. The lowest BCUT2D eigenvalue weighted by molar-refractivity contribution is 0.0520. The monoisotopic (exact) mass is 485 g/mol. The fraction of sp³-hybridized carbons (Fsp3) is 0.417. The summed E-state index contributed by atoms with van der Waals surface area (Å²) >= 11 is 0. The van der Waals surface area contributed by atoms with Gasteiger partial charge in [0.1, 0.15) is 5.69 Å². The number of fused-ring (bicyclic) bond motifs is 2. The maximum Gasteiger partial charge on any atom is 0.358 e. The van der Waals surface area contributed by atoms with Crippen LogP contribution in [0.15, 0.2) is 36.7 Å². The summed E-state index contributed by atoms with van der Waals surface area (Å²) in [4.78, 5) is 30.6. The van der Waals surface area contributed by atoms with Crippen molar-refractivity contribution in [2.24, 2.45) is 5.73 Å². The van der Waals surface area contributed by atoms with Crippen LogP contribution in [0.4, 0.5) is 0 Å². The molecule has 0 radical (unpaired) electrons. The number of nitrogens with zero attached hydrogens (tertiary/aromatic N) is 6. The molecule has 3 N–H and O–H groups in total. The molecule has 4 aromatic heterocycles. The highest BCUT2D eigenvalue weighted by molar-refractivity contribution is 5.91. The standard InChI is InChI=1S/C12H15N3O2.C10H12N4O.CH4O.CH4/c1-3-5-9-6-7-11-13-10(8-15(11)14-9)12(16)17-4-2;1-2-3-7-4-5-9-12-8(10(11)15)6-14(9)13-7;1-2;/h6-8H,3-5H2,1-2H3;4-6H,2-3H2,1H3,(H2,11,15);2H,1H3;1H4. The number of hydrogen-bond acceptors (Lipinski definition) is 8. The highest BCUT2D eigenvalue weighted by Gasteiger charge is 2.12. The lowest BCUT2D eigenvalue weighted by Crippen LogP contribution is -2.10. The summed E-state index contributed by atoms with van der Waals surface area (Å²) in [5, 5.41) is 15.7. The van der Waals surface area contributed by atoms with Gasteiger partial charge in [0.25, 0.3) is 5.91 Å². The fourth-order valence-electron chi connectivity index (χ4n) is 3.04. The van der Waals surface area contributed by atoms with Crippen molar-refractivity contribution in [3.8, 4) is 0 Å². The Bertz CT molecular complexity index is 1230. The van der Waals surface area contributed by atoms with Crippen molar-refractivity contribution in [1.29, 1.82) is 0 Å². The summed E-state index contributed by atoms with van der Waals surface area (Å²) in [7, 11) is 1.00. The molecule has 0 aliphatic heterocycles. The molecule has 0 saturated carbocycles. The number of nitrogens with two attached hydrogens (primary N) is 1. The van der Waals surface area contributed by atoms with Crippen LogP contribution in [0.3, 0.4) is 0 Å². The van der Waals surface area contributed by atoms with Gasteiger partial charge in [-0.05, 0) is 44.0 Å². The molecule has 4 aromatic rings. The van der Waals surface area contributed by atoms with Crippen LogP contribution < -0.4 is 5.73 Å². The first kappa shape index (κ1) is 29.2. The van der Waals surface area contributed by atoms with Gasteiger partial charge in [0, 0.05) is 7.11 Å². The van der Waals surface area contributed by atoms with Crippen LogP contribution in [-0.4, -0.2) is 59.9 Å². The number of esters is 1. The van der Waals surface area contributed by atoms with Gasteiger partial charge in [0.05, 0.1) is 30.4 Å². The summed E-state index contributed by atoms with van der Waals surface area (Å²) in [6, 6.07) is 7.54. The van der Waals surface area contributed by atoms with Crippen LogP contribution in [0.25, 0.3) is 11.3 Å². The van der Waals surface area contributed by atoms with E-state index >= 15 is 0 Å². The molecule has 4 rings (SSSR count). The number of primary amides is 1. The molecule has 0 fully saturated rings. The Kier molecular flexibility index (Phi) is 12.0. The summed E-state index contributed by atoms with van der Waals surface area (Å²) in [5.41, 5.74) is 8.96. The number of carbonyl (C=O) groups excluding carboxylic acids is 2. The number of ether oxygens (including phenoxy) is 1. The quantitative estimate of drug-likeness (QED) is 0.379. The molecular weight excluding hydrogens is 450 g/mol. The zero-order chi connectivity index (χ0) is 25.1. The van der Waals surface area contributed by atoms with Gasteiger partial charge in [-0.3, -0.25) is 4.79 Å². The van der Waals surface area contributed by atoms with Gasteiger partial charge in [0.15, 0.2) is 17.0 Å². The normalized spacial score (nSPS) is 9.97. The highest BCUT2D eigenvalue weighted by Crippen LogP contribution is 2.08. The number of imidazole rings is 2. The van der Waals surface area contributed by atoms with E-state index in [1.807, 2.05) is 24.3 Å². The predicted octanol–water partition coefficient (Wildman–Crippen LogP) is 2.88. The van der Waals surface area contributed by atoms with Crippen LogP contribution >= 0.6 is 0 Å². The Hall–Kier alpha value is -3.86. The maximum atomic E-state index is 11.5. The molecule has 11 nitrogen and oxygen atoms in total. The molecule has 0 atom stereocenters. The maximum absolute atomic E-state index is 11.5. The minimum absolute atomic E-state index is 0. The molecule has 35 heavy (non-hydrogen) atoms. The molecule has 0 unspecified atom stereocenters. The second kappa shape index (κ2) is 14.4. The molecule has 0 bridgehead atoms. The molecular formula is C24H35N7O4. The van der Waals surface area contributed by atoms with Crippen LogP contribution in [0.5, 0.6) is 0 Å². The zero-order valence-corrected chi connectivity index (χ0v) is 19.9. The van der Waals surface area contributed by atoms with Crippen molar-refractivity contribution < 1.29 is 19.4 Å². The Morgan fingerprint density at radius 3 is 1.74 bits per heavy atom. The fourth-order valence-corrected chi connectivity index (χ4v) is 3.04. The van der Waals surface area contributed by atoms with Gasteiger partial charge in [0.2, 0.25) is 0 Å². The first-order chi connectivity index (χ1) is 16.4. The Balaban J connectivity index is 0.000000320. The lowest BCUT2D eigenvalue weighted by Gasteiger charge is -1.97. The van der Waals surface area contributed by atoms with Gasteiger partial charge in [-0.15, -0.1) is 0 Å². The molecule has 0 aliphatic carbocycles. The zero-order valence-electron chi connectivity index (χ0n) is 19.9. The van der Waals surface area contributed by atoms with Gasteiger partial charge in [-0.2, -0.15) is 10.2 Å². The third-order valence-corrected chi connectivity index (χ3v) is 4.50. The molecule has 0 aromatic carbocycles. The number of aromatic nitrogens is 6. The molecule has 0 spiro atoms. The average molecular weight is 486 g/mol. The molecule has 11 heteroatoms. The second-order valence-electron chi connectivity index (χ2n) is 7.09. The molecule has 0 saturated heterocycles. The summed E-state index contributed by atoms with van der Waals surface area (Å²) in [5.74, 6) is -0.937.